The molecule has 0 aliphatic rings. The van der Waals surface area contributed by atoms with Gasteiger partial charge in [0.2, 0.25) is 0 Å². The van der Waals surface area contributed by atoms with E-state index in [0.29, 0.717) is 6.54 Å². The Hall–Kier alpha value is -2.27. The Kier molecular flexibility index (Phi) is 4.42. The van der Waals surface area contributed by atoms with E-state index in [1.807, 2.05) is 6.92 Å². The number of halogens is 1. The maximum absolute atomic E-state index is 12.8. The molecule has 0 aliphatic heterocycles. The first-order valence-electron chi connectivity index (χ1n) is 6.28. The summed E-state index contributed by atoms with van der Waals surface area (Å²) >= 11 is 0. The van der Waals surface area contributed by atoms with E-state index in [4.69, 9.17) is 0 Å². The molecule has 2 aromatic rings. The molecule has 0 spiro atoms. The summed E-state index contributed by atoms with van der Waals surface area (Å²) in [5.41, 5.74) is 2.04. The van der Waals surface area contributed by atoms with Gasteiger partial charge in [0.25, 0.3) is 5.69 Å². The van der Waals surface area contributed by atoms with Crippen LogP contribution in [0.25, 0.3) is 0 Å². The maximum Gasteiger partial charge on any atom is 0.269 e. The van der Waals surface area contributed by atoms with Crippen molar-refractivity contribution in [3.63, 3.8) is 0 Å². The van der Waals surface area contributed by atoms with Gasteiger partial charge < -0.3 is 5.32 Å². The Balaban J connectivity index is 1.94. The van der Waals surface area contributed by atoms with E-state index in [2.05, 4.69) is 5.32 Å². The highest BCUT2D eigenvalue weighted by atomic mass is 19.1. The number of non-ortho nitro benzene ring substituents is 1. The molecule has 4 nitrogen and oxygen atoms in total. The molecule has 0 aromatic heterocycles. The molecule has 0 heterocycles. The Morgan fingerprint density at radius 2 is 1.75 bits per heavy atom. The van der Waals surface area contributed by atoms with Crippen molar-refractivity contribution in [2.24, 2.45) is 0 Å². The quantitative estimate of drug-likeness (QED) is 0.669. The van der Waals surface area contributed by atoms with Gasteiger partial charge in [-0.1, -0.05) is 24.3 Å². The first-order valence-corrected chi connectivity index (χ1v) is 6.28. The molecular formula is C15H15FN2O2. The van der Waals surface area contributed by atoms with Gasteiger partial charge in [-0.05, 0) is 30.2 Å². The maximum atomic E-state index is 12.8. The molecule has 0 unspecified atom stereocenters. The highest BCUT2D eigenvalue weighted by Gasteiger charge is 2.07. The predicted octanol–water partition coefficient (Wildman–Crippen LogP) is 3.58. The Bertz CT molecular complexity index is 582. The average molecular weight is 274 g/mol. The van der Waals surface area contributed by atoms with Crippen molar-refractivity contribution in [2.75, 3.05) is 0 Å². The summed E-state index contributed by atoms with van der Waals surface area (Å²) < 4.78 is 12.8. The molecule has 0 saturated carbocycles. The lowest BCUT2D eigenvalue weighted by Crippen LogP contribution is -2.18. The first kappa shape index (κ1) is 14.1. The average Bonchev–Trinajstić information content (AvgIpc) is 2.46. The smallest absolute Gasteiger partial charge is 0.269 e. The number of rotatable bonds is 5. The second-order valence-corrected chi connectivity index (χ2v) is 4.58. The van der Waals surface area contributed by atoms with Crippen LogP contribution in [0.15, 0.2) is 48.5 Å². The van der Waals surface area contributed by atoms with Crippen LogP contribution in [0.3, 0.4) is 0 Å². The monoisotopic (exact) mass is 274 g/mol. The van der Waals surface area contributed by atoms with E-state index < -0.39 is 4.92 Å². The van der Waals surface area contributed by atoms with Crippen LogP contribution in [0.2, 0.25) is 0 Å². The molecule has 5 heteroatoms. The van der Waals surface area contributed by atoms with Crippen molar-refractivity contribution in [2.45, 2.75) is 19.5 Å². The van der Waals surface area contributed by atoms with Gasteiger partial charge in [0.15, 0.2) is 0 Å². The third-order valence-corrected chi connectivity index (χ3v) is 3.13. The fraction of sp³-hybridized carbons (Fsp3) is 0.200. The van der Waals surface area contributed by atoms with Crippen molar-refractivity contribution < 1.29 is 9.31 Å². The molecule has 20 heavy (non-hydrogen) atoms. The van der Waals surface area contributed by atoms with Gasteiger partial charge in [-0.2, -0.15) is 0 Å². The highest BCUT2D eigenvalue weighted by molar-refractivity contribution is 5.32. The zero-order chi connectivity index (χ0) is 14.5. The topological polar surface area (TPSA) is 55.2 Å². The van der Waals surface area contributed by atoms with Crippen molar-refractivity contribution in [3.8, 4) is 0 Å². The van der Waals surface area contributed by atoms with E-state index in [0.717, 1.165) is 11.1 Å². The summed E-state index contributed by atoms with van der Waals surface area (Å²) in [6.45, 7) is 2.58. The third-order valence-electron chi connectivity index (χ3n) is 3.13. The van der Waals surface area contributed by atoms with Gasteiger partial charge in [-0.3, -0.25) is 10.1 Å². The molecule has 0 aliphatic carbocycles. The van der Waals surface area contributed by atoms with Gasteiger partial charge in [-0.15, -0.1) is 0 Å². The summed E-state index contributed by atoms with van der Waals surface area (Å²) in [7, 11) is 0. The Morgan fingerprint density at radius 1 is 1.15 bits per heavy atom. The van der Waals surface area contributed by atoms with Gasteiger partial charge in [0.05, 0.1) is 4.92 Å². The lowest BCUT2D eigenvalue weighted by molar-refractivity contribution is -0.384. The molecule has 2 rings (SSSR count). The lowest BCUT2D eigenvalue weighted by Gasteiger charge is -2.14. The van der Waals surface area contributed by atoms with Gasteiger partial charge >= 0.3 is 0 Å². The van der Waals surface area contributed by atoms with Crippen molar-refractivity contribution in [1.82, 2.24) is 5.32 Å². The van der Waals surface area contributed by atoms with E-state index in [-0.39, 0.29) is 17.5 Å². The second kappa shape index (κ2) is 6.25. The Morgan fingerprint density at radius 3 is 2.30 bits per heavy atom. The van der Waals surface area contributed by atoms with Crippen LogP contribution >= 0.6 is 0 Å². The van der Waals surface area contributed by atoms with Crippen LogP contribution < -0.4 is 5.32 Å². The molecule has 0 fully saturated rings. The standard InChI is InChI=1S/C15H15FN2O2/c1-11(13-4-6-14(16)7-5-13)17-10-12-2-8-15(9-3-12)18(19)20/h2-9,11,17H,10H2,1H3/t11-/m1/s1. The number of benzene rings is 2. The molecule has 0 bridgehead atoms. The zero-order valence-electron chi connectivity index (χ0n) is 11.0. The van der Waals surface area contributed by atoms with Crippen LogP contribution in [-0.2, 0) is 6.54 Å². The summed E-state index contributed by atoms with van der Waals surface area (Å²) in [6.07, 6.45) is 0. The summed E-state index contributed by atoms with van der Waals surface area (Å²) in [5, 5.41) is 13.8. The van der Waals surface area contributed by atoms with E-state index in [1.165, 1.54) is 24.3 Å². The minimum absolute atomic E-state index is 0.0748. The highest BCUT2D eigenvalue weighted by Crippen LogP contribution is 2.15. The molecule has 104 valence electrons. The van der Waals surface area contributed by atoms with Crippen molar-refractivity contribution >= 4 is 5.69 Å². The number of nitrogens with zero attached hydrogens (tertiary/aromatic N) is 1. The fourth-order valence-corrected chi connectivity index (χ4v) is 1.88. The van der Waals surface area contributed by atoms with Crippen LogP contribution in [-0.4, -0.2) is 4.92 Å². The van der Waals surface area contributed by atoms with Crippen molar-refractivity contribution in [1.29, 1.82) is 0 Å². The SMILES string of the molecule is C[C@@H](NCc1ccc([N+](=O)[O-])cc1)c1ccc(F)cc1. The molecule has 0 saturated heterocycles. The minimum Gasteiger partial charge on any atom is -0.306 e. The van der Waals surface area contributed by atoms with E-state index in [1.54, 1.807) is 24.3 Å². The summed E-state index contributed by atoms with van der Waals surface area (Å²) in [5.74, 6) is -0.253. The van der Waals surface area contributed by atoms with E-state index in [9.17, 15) is 14.5 Å². The largest absolute Gasteiger partial charge is 0.306 e. The first-order chi connectivity index (χ1) is 9.56. The van der Waals surface area contributed by atoms with Crippen LogP contribution in [0, 0.1) is 15.9 Å². The molecule has 0 amide bonds. The van der Waals surface area contributed by atoms with Crippen LogP contribution in [0.5, 0.6) is 0 Å². The second-order valence-electron chi connectivity index (χ2n) is 4.58. The minimum atomic E-state index is -0.418. The summed E-state index contributed by atoms with van der Waals surface area (Å²) in [6, 6.07) is 12.8. The van der Waals surface area contributed by atoms with Gasteiger partial charge in [-0.25, -0.2) is 4.39 Å². The number of nitro benzene ring substituents is 1. The lowest BCUT2D eigenvalue weighted by atomic mass is 10.1. The molecular weight excluding hydrogens is 259 g/mol. The number of hydrogen-bond donors (Lipinski definition) is 1. The molecule has 0 radical (unpaired) electrons. The third kappa shape index (κ3) is 3.61. The fourth-order valence-electron chi connectivity index (χ4n) is 1.88. The normalized spacial score (nSPS) is 12.1. The molecule has 1 N–H and O–H groups in total. The van der Waals surface area contributed by atoms with Crippen LogP contribution in [0.1, 0.15) is 24.1 Å². The molecule has 2 aromatic carbocycles. The van der Waals surface area contributed by atoms with Crippen LogP contribution in [0.4, 0.5) is 10.1 Å². The zero-order valence-corrected chi connectivity index (χ0v) is 11.0. The summed E-state index contributed by atoms with van der Waals surface area (Å²) in [4.78, 5) is 10.1. The number of nitrogens with one attached hydrogen (secondary N) is 1. The van der Waals surface area contributed by atoms with Gasteiger partial charge in [0.1, 0.15) is 5.82 Å². The molecule has 1 atom stereocenters. The number of nitro groups is 1. The Labute approximate surface area is 116 Å². The predicted molar refractivity (Wildman–Crippen MR) is 74.8 cm³/mol. The van der Waals surface area contributed by atoms with Gasteiger partial charge in [0, 0.05) is 24.7 Å². The van der Waals surface area contributed by atoms with E-state index >= 15 is 0 Å². The number of hydrogen-bond acceptors (Lipinski definition) is 3. The van der Waals surface area contributed by atoms with Crippen molar-refractivity contribution in [3.05, 3.63) is 75.6 Å².